The number of rotatable bonds is 5. The van der Waals surface area contributed by atoms with E-state index in [4.69, 9.17) is 9.47 Å². The topological polar surface area (TPSA) is 21.7 Å². The molecule has 1 heterocycles. The molecule has 2 aliphatic rings. The molecule has 0 aromatic heterocycles. The quantitative estimate of drug-likeness (QED) is 0.792. The average molecular weight is 368 g/mol. The van der Waals surface area contributed by atoms with Crippen molar-refractivity contribution in [1.29, 1.82) is 0 Å². The Hall–Kier alpha value is -0.420. The van der Waals surface area contributed by atoms with Crippen LogP contribution in [0.25, 0.3) is 0 Å². The van der Waals surface area contributed by atoms with Crippen molar-refractivity contribution < 1.29 is 9.47 Å². The van der Waals surface area contributed by atoms with Gasteiger partial charge in [-0.3, -0.25) is 4.90 Å². The maximum atomic E-state index is 6.29. The third kappa shape index (κ3) is 4.54. The first-order valence-electron chi connectivity index (χ1n) is 8.51. The Balaban J connectivity index is 1.50. The molecule has 1 saturated carbocycles. The molecule has 2 atom stereocenters. The normalized spacial score (nSPS) is 27.0. The van der Waals surface area contributed by atoms with Gasteiger partial charge in [0.2, 0.25) is 0 Å². The van der Waals surface area contributed by atoms with E-state index >= 15 is 0 Å². The van der Waals surface area contributed by atoms with Crippen LogP contribution in [0.3, 0.4) is 0 Å². The predicted octanol–water partition coefficient (Wildman–Crippen LogP) is 3.65. The van der Waals surface area contributed by atoms with E-state index in [1.54, 1.807) is 0 Å². The molecule has 1 aliphatic heterocycles. The summed E-state index contributed by atoms with van der Waals surface area (Å²) in [4.78, 5) is 2.59. The van der Waals surface area contributed by atoms with Crippen molar-refractivity contribution in [2.75, 3.05) is 32.9 Å². The van der Waals surface area contributed by atoms with Crippen LogP contribution in [0.4, 0.5) is 0 Å². The number of morpholine rings is 1. The predicted molar refractivity (Wildman–Crippen MR) is 92.2 cm³/mol. The summed E-state index contributed by atoms with van der Waals surface area (Å²) in [5, 5.41) is 0. The lowest BCUT2D eigenvalue weighted by Crippen LogP contribution is -2.51. The Morgan fingerprint density at radius 2 is 2.00 bits per heavy atom. The first kappa shape index (κ1) is 16.4. The van der Waals surface area contributed by atoms with E-state index in [0.717, 1.165) is 43.8 Å². The van der Waals surface area contributed by atoms with Gasteiger partial charge in [-0.1, -0.05) is 40.9 Å². The van der Waals surface area contributed by atoms with Crippen LogP contribution in [0.2, 0.25) is 0 Å². The van der Waals surface area contributed by atoms with Crippen molar-refractivity contribution in [3.63, 3.8) is 0 Å². The molecular formula is C18H26BrNO2. The van der Waals surface area contributed by atoms with Gasteiger partial charge in [-0.15, -0.1) is 0 Å². The van der Waals surface area contributed by atoms with Crippen molar-refractivity contribution in [3.05, 3.63) is 34.3 Å². The van der Waals surface area contributed by atoms with Crippen molar-refractivity contribution in [1.82, 2.24) is 4.90 Å². The lowest BCUT2D eigenvalue weighted by molar-refractivity contribution is -0.0647. The molecule has 1 aromatic rings. The van der Waals surface area contributed by atoms with Gasteiger partial charge < -0.3 is 9.47 Å². The standard InChI is InChI=1S/C18H26BrNO2/c19-16-5-3-4-15(14-16)8-11-22-18-7-2-1-6-17(18)20-9-12-21-13-10-20/h3-5,14,17-18H,1-2,6-13H2. The van der Waals surface area contributed by atoms with Crippen LogP contribution in [0.5, 0.6) is 0 Å². The molecule has 1 aromatic carbocycles. The Morgan fingerprint density at radius 3 is 2.82 bits per heavy atom. The molecule has 2 fully saturated rings. The molecule has 0 amide bonds. The molecule has 0 N–H and O–H groups in total. The van der Waals surface area contributed by atoms with Crippen molar-refractivity contribution in [3.8, 4) is 0 Å². The molecule has 1 saturated heterocycles. The van der Waals surface area contributed by atoms with Crippen LogP contribution >= 0.6 is 15.9 Å². The summed E-state index contributed by atoms with van der Waals surface area (Å²) < 4.78 is 12.9. The van der Waals surface area contributed by atoms with Crippen molar-refractivity contribution in [2.24, 2.45) is 0 Å². The van der Waals surface area contributed by atoms with Gasteiger partial charge >= 0.3 is 0 Å². The maximum absolute atomic E-state index is 6.29. The summed E-state index contributed by atoms with van der Waals surface area (Å²) in [5.74, 6) is 0. The van der Waals surface area contributed by atoms with Crippen LogP contribution < -0.4 is 0 Å². The zero-order valence-electron chi connectivity index (χ0n) is 13.2. The summed E-state index contributed by atoms with van der Waals surface area (Å²) in [6.45, 7) is 4.71. The summed E-state index contributed by atoms with van der Waals surface area (Å²) >= 11 is 3.53. The monoisotopic (exact) mass is 367 g/mol. The number of ether oxygens (including phenoxy) is 2. The molecule has 0 radical (unpaired) electrons. The lowest BCUT2D eigenvalue weighted by atomic mass is 9.91. The zero-order valence-corrected chi connectivity index (χ0v) is 14.8. The number of nitrogens with zero attached hydrogens (tertiary/aromatic N) is 1. The fraction of sp³-hybridized carbons (Fsp3) is 0.667. The van der Waals surface area contributed by atoms with Gasteiger partial charge in [0.05, 0.1) is 25.9 Å². The Bertz CT molecular complexity index is 462. The SMILES string of the molecule is Brc1cccc(CCOC2CCCCC2N2CCOCC2)c1. The van der Waals surface area contributed by atoms with E-state index in [1.807, 2.05) is 0 Å². The van der Waals surface area contributed by atoms with Gasteiger partial charge in [-0.05, 0) is 37.0 Å². The van der Waals surface area contributed by atoms with E-state index in [1.165, 1.54) is 31.2 Å². The zero-order chi connectivity index (χ0) is 15.2. The van der Waals surface area contributed by atoms with Crippen molar-refractivity contribution in [2.45, 2.75) is 44.2 Å². The first-order valence-corrected chi connectivity index (χ1v) is 9.30. The van der Waals surface area contributed by atoms with Crippen LogP contribution in [0, 0.1) is 0 Å². The van der Waals surface area contributed by atoms with Crippen molar-refractivity contribution >= 4 is 15.9 Å². The van der Waals surface area contributed by atoms with E-state index in [9.17, 15) is 0 Å². The van der Waals surface area contributed by atoms with Gasteiger partial charge in [-0.2, -0.15) is 0 Å². The first-order chi connectivity index (χ1) is 10.8. The largest absolute Gasteiger partial charge is 0.379 e. The Morgan fingerprint density at radius 1 is 1.18 bits per heavy atom. The highest BCUT2D eigenvalue weighted by molar-refractivity contribution is 9.10. The number of hydrogen-bond acceptors (Lipinski definition) is 3. The van der Waals surface area contributed by atoms with Gasteiger partial charge in [0, 0.05) is 23.6 Å². The van der Waals surface area contributed by atoms with Gasteiger partial charge in [0.25, 0.3) is 0 Å². The van der Waals surface area contributed by atoms with Crippen LogP contribution in [0.15, 0.2) is 28.7 Å². The molecule has 2 unspecified atom stereocenters. The number of benzene rings is 1. The summed E-state index contributed by atoms with van der Waals surface area (Å²) in [6.07, 6.45) is 6.53. The Kier molecular flexibility index (Phi) is 6.30. The molecule has 4 heteroatoms. The third-order valence-corrected chi connectivity index (χ3v) is 5.29. The summed E-state index contributed by atoms with van der Waals surface area (Å²) in [7, 11) is 0. The molecular weight excluding hydrogens is 342 g/mol. The van der Waals surface area contributed by atoms with E-state index in [2.05, 4.69) is 45.1 Å². The summed E-state index contributed by atoms with van der Waals surface area (Å²) in [6, 6.07) is 9.12. The molecule has 0 spiro atoms. The second-order valence-electron chi connectivity index (χ2n) is 6.29. The van der Waals surface area contributed by atoms with Crippen LogP contribution in [-0.2, 0) is 15.9 Å². The van der Waals surface area contributed by atoms with E-state index < -0.39 is 0 Å². The molecule has 122 valence electrons. The second-order valence-corrected chi connectivity index (χ2v) is 7.20. The van der Waals surface area contributed by atoms with Crippen LogP contribution in [-0.4, -0.2) is 50.0 Å². The van der Waals surface area contributed by atoms with Gasteiger partial charge in [0.15, 0.2) is 0 Å². The minimum Gasteiger partial charge on any atom is -0.379 e. The average Bonchev–Trinajstić information content (AvgIpc) is 2.56. The second kappa shape index (κ2) is 8.44. The smallest absolute Gasteiger partial charge is 0.0730 e. The lowest BCUT2D eigenvalue weighted by Gasteiger charge is -2.41. The number of hydrogen-bond donors (Lipinski definition) is 0. The third-order valence-electron chi connectivity index (χ3n) is 4.79. The fourth-order valence-electron chi connectivity index (χ4n) is 3.62. The minimum atomic E-state index is 0.402. The highest BCUT2D eigenvalue weighted by atomic mass is 79.9. The highest BCUT2D eigenvalue weighted by Crippen LogP contribution is 2.26. The maximum Gasteiger partial charge on any atom is 0.0730 e. The van der Waals surface area contributed by atoms with Gasteiger partial charge in [0.1, 0.15) is 0 Å². The summed E-state index contributed by atoms with van der Waals surface area (Å²) in [5.41, 5.74) is 1.34. The molecule has 3 nitrogen and oxygen atoms in total. The molecule has 3 rings (SSSR count). The van der Waals surface area contributed by atoms with E-state index in [0.29, 0.717) is 12.1 Å². The van der Waals surface area contributed by atoms with Gasteiger partial charge in [-0.25, -0.2) is 0 Å². The highest BCUT2D eigenvalue weighted by Gasteiger charge is 2.31. The minimum absolute atomic E-state index is 0.402. The molecule has 1 aliphatic carbocycles. The molecule has 0 bridgehead atoms. The molecule has 22 heavy (non-hydrogen) atoms. The van der Waals surface area contributed by atoms with Crippen LogP contribution in [0.1, 0.15) is 31.2 Å². The Labute approximate surface area is 142 Å². The van der Waals surface area contributed by atoms with E-state index in [-0.39, 0.29) is 0 Å². The fourth-order valence-corrected chi connectivity index (χ4v) is 4.07. The number of halogens is 1.